The third kappa shape index (κ3) is 7.77. The van der Waals surface area contributed by atoms with E-state index >= 15 is 0 Å². The van der Waals surface area contributed by atoms with Gasteiger partial charge in [-0.3, -0.25) is 13.9 Å². The van der Waals surface area contributed by atoms with Gasteiger partial charge in [-0.25, -0.2) is 8.42 Å². The summed E-state index contributed by atoms with van der Waals surface area (Å²) in [6, 6.07) is 18.9. The molecule has 1 unspecified atom stereocenters. The maximum Gasteiger partial charge on any atom is 0.264 e. The van der Waals surface area contributed by atoms with E-state index < -0.39 is 34.1 Å². The van der Waals surface area contributed by atoms with Crippen LogP contribution in [0.3, 0.4) is 0 Å². The van der Waals surface area contributed by atoms with Gasteiger partial charge in [-0.1, -0.05) is 72.6 Å². The van der Waals surface area contributed by atoms with E-state index in [9.17, 15) is 18.0 Å². The summed E-state index contributed by atoms with van der Waals surface area (Å²) < 4.78 is 28.9. The Balaban J connectivity index is 2.12. The van der Waals surface area contributed by atoms with Crippen molar-refractivity contribution in [3.8, 4) is 0 Å². The van der Waals surface area contributed by atoms with Gasteiger partial charge in [0.15, 0.2) is 0 Å². The number of benzene rings is 3. The van der Waals surface area contributed by atoms with Crippen LogP contribution >= 0.6 is 23.2 Å². The third-order valence-corrected chi connectivity index (χ3v) is 8.61. The molecule has 7 nitrogen and oxygen atoms in total. The maximum absolute atomic E-state index is 14.2. The molecule has 0 fully saturated rings. The van der Waals surface area contributed by atoms with Crippen molar-refractivity contribution in [1.82, 2.24) is 10.2 Å². The Labute approximate surface area is 247 Å². The molecule has 10 heteroatoms. The first-order chi connectivity index (χ1) is 18.7. The van der Waals surface area contributed by atoms with E-state index in [1.807, 2.05) is 20.8 Å². The largest absolute Gasteiger partial charge is 0.350 e. The van der Waals surface area contributed by atoms with E-state index in [4.69, 9.17) is 23.2 Å². The number of hydrogen-bond acceptors (Lipinski definition) is 4. The fourth-order valence-electron chi connectivity index (χ4n) is 4.27. The number of sulfonamides is 1. The summed E-state index contributed by atoms with van der Waals surface area (Å²) in [4.78, 5) is 29.0. The summed E-state index contributed by atoms with van der Waals surface area (Å²) in [6.07, 6.45) is 0.305. The smallest absolute Gasteiger partial charge is 0.264 e. The van der Waals surface area contributed by atoms with Crippen LogP contribution < -0.4 is 9.62 Å². The number of nitrogens with one attached hydrogen (secondary N) is 1. The Morgan fingerprint density at radius 3 is 2.17 bits per heavy atom. The predicted molar refractivity (Wildman–Crippen MR) is 161 cm³/mol. The first-order valence-electron chi connectivity index (χ1n) is 12.9. The van der Waals surface area contributed by atoms with Crippen molar-refractivity contribution in [3.63, 3.8) is 0 Å². The Hall–Kier alpha value is -3.07. The molecule has 0 radical (unpaired) electrons. The minimum Gasteiger partial charge on any atom is -0.350 e. The lowest BCUT2D eigenvalue weighted by molar-refractivity contribution is -0.141. The molecule has 2 amide bonds. The van der Waals surface area contributed by atoms with Gasteiger partial charge in [0.05, 0.1) is 10.6 Å². The lowest BCUT2D eigenvalue weighted by atomic mass is 10.1. The van der Waals surface area contributed by atoms with Crippen LogP contribution in [-0.4, -0.2) is 43.3 Å². The lowest BCUT2D eigenvalue weighted by Gasteiger charge is -2.35. The molecule has 0 aliphatic carbocycles. The van der Waals surface area contributed by atoms with Crippen LogP contribution in [0.1, 0.15) is 45.2 Å². The van der Waals surface area contributed by atoms with E-state index in [-0.39, 0.29) is 23.0 Å². The molecular formula is C30H35Cl2N3O4S. The lowest BCUT2D eigenvalue weighted by Crippen LogP contribution is -2.55. The summed E-state index contributed by atoms with van der Waals surface area (Å²) in [7, 11) is -4.18. The highest BCUT2D eigenvalue weighted by Gasteiger charge is 2.35. The average Bonchev–Trinajstić information content (AvgIpc) is 2.89. The van der Waals surface area contributed by atoms with Crippen LogP contribution in [0, 0.1) is 6.92 Å². The number of halogens is 2. The van der Waals surface area contributed by atoms with Gasteiger partial charge >= 0.3 is 0 Å². The zero-order valence-corrected chi connectivity index (χ0v) is 25.6. The Bertz CT molecular complexity index is 1460. The molecule has 214 valence electrons. The van der Waals surface area contributed by atoms with E-state index in [0.29, 0.717) is 27.6 Å². The zero-order chi connectivity index (χ0) is 29.7. The summed E-state index contributed by atoms with van der Waals surface area (Å²) >= 11 is 12.7. The third-order valence-electron chi connectivity index (χ3n) is 6.23. The number of carbonyl (C=O) groups is 2. The maximum atomic E-state index is 14.2. The Kier molecular flexibility index (Phi) is 10.3. The molecule has 0 spiro atoms. The molecule has 0 heterocycles. The molecule has 0 bridgehead atoms. The molecule has 0 saturated heterocycles. The van der Waals surface area contributed by atoms with Gasteiger partial charge in [-0.2, -0.15) is 0 Å². The molecular weight excluding hydrogens is 569 g/mol. The number of carbonyl (C=O) groups excluding carboxylic acids is 2. The van der Waals surface area contributed by atoms with Crippen molar-refractivity contribution in [2.24, 2.45) is 0 Å². The highest BCUT2D eigenvalue weighted by atomic mass is 35.5. The first kappa shape index (κ1) is 31.5. The van der Waals surface area contributed by atoms with E-state index in [1.165, 1.54) is 23.1 Å². The van der Waals surface area contributed by atoms with Crippen LogP contribution in [-0.2, 0) is 26.2 Å². The Morgan fingerprint density at radius 1 is 0.950 bits per heavy atom. The standard InChI is InChI=1S/C30H35Cl2N3O4S/c1-6-26(29(37)33-30(3,4)5)34(19-22-12-10-11-15-25(22)32)28(36)20-35(27-18-23(31)17-16-21(27)2)40(38,39)24-13-8-7-9-14-24/h7-18,26H,6,19-20H2,1-5H3,(H,33,37). The van der Waals surface area contributed by atoms with Gasteiger partial charge in [-0.05, 0) is 75.6 Å². The number of rotatable bonds is 10. The first-order valence-corrected chi connectivity index (χ1v) is 15.1. The molecule has 1 N–H and O–H groups in total. The van der Waals surface area contributed by atoms with E-state index in [0.717, 1.165) is 4.31 Å². The van der Waals surface area contributed by atoms with Crippen molar-refractivity contribution in [2.45, 2.75) is 64.1 Å². The van der Waals surface area contributed by atoms with Crippen LogP contribution in [0.15, 0.2) is 77.7 Å². The SMILES string of the molecule is CCC(C(=O)NC(C)(C)C)N(Cc1ccccc1Cl)C(=O)CN(c1cc(Cl)ccc1C)S(=O)(=O)c1ccccc1. The molecule has 0 aliphatic rings. The monoisotopic (exact) mass is 603 g/mol. The number of hydrogen-bond donors (Lipinski definition) is 1. The van der Waals surface area contributed by atoms with Gasteiger partial charge < -0.3 is 10.2 Å². The second-order valence-electron chi connectivity index (χ2n) is 10.5. The molecule has 3 rings (SSSR count). The number of aryl methyl sites for hydroxylation is 1. The van der Waals surface area contributed by atoms with Crippen molar-refractivity contribution in [2.75, 3.05) is 10.8 Å². The minimum atomic E-state index is -4.18. The zero-order valence-electron chi connectivity index (χ0n) is 23.3. The van der Waals surface area contributed by atoms with Crippen LogP contribution in [0.2, 0.25) is 10.0 Å². The number of nitrogens with zero attached hydrogens (tertiary/aromatic N) is 2. The molecule has 3 aromatic rings. The van der Waals surface area contributed by atoms with Gasteiger partial charge in [0.2, 0.25) is 11.8 Å². The van der Waals surface area contributed by atoms with Crippen molar-refractivity contribution in [3.05, 3.63) is 94.0 Å². The minimum absolute atomic E-state index is 0.0162. The van der Waals surface area contributed by atoms with Gasteiger partial charge in [-0.15, -0.1) is 0 Å². The fraction of sp³-hybridized carbons (Fsp3) is 0.333. The normalized spacial score (nSPS) is 12.5. The number of amides is 2. The average molecular weight is 605 g/mol. The van der Waals surface area contributed by atoms with Crippen molar-refractivity contribution < 1.29 is 18.0 Å². The summed E-state index contributed by atoms with van der Waals surface area (Å²) in [5.41, 5.74) is 0.988. The van der Waals surface area contributed by atoms with Crippen molar-refractivity contribution >= 4 is 50.7 Å². The van der Waals surface area contributed by atoms with Crippen molar-refractivity contribution in [1.29, 1.82) is 0 Å². The second-order valence-corrected chi connectivity index (χ2v) is 13.2. The van der Waals surface area contributed by atoms with Gasteiger partial charge in [0, 0.05) is 22.1 Å². The summed E-state index contributed by atoms with van der Waals surface area (Å²) in [5.74, 6) is -0.901. The fourth-order valence-corrected chi connectivity index (χ4v) is 6.12. The highest BCUT2D eigenvalue weighted by Crippen LogP contribution is 2.30. The van der Waals surface area contributed by atoms with E-state index in [2.05, 4.69) is 5.32 Å². The molecule has 40 heavy (non-hydrogen) atoms. The topological polar surface area (TPSA) is 86.8 Å². The van der Waals surface area contributed by atoms with E-state index in [1.54, 1.807) is 68.4 Å². The predicted octanol–water partition coefficient (Wildman–Crippen LogP) is 6.22. The van der Waals surface area contributed by atoms with Crippen LogP contribution in [0.4, 0.5) is 5.69 Å². The van der Waals surface area contributed by atoms with Crippen LogP contribution in [0.5, 0.6) is 0 Å². The van der Waals surface area contributed by atoms with Gasteiger partial charge in [0.1, 0.15) is 12.6 Å². The Morgan fingerprint density at radius 2 is 1.57 bits per heavy atom. The molecule has 0 aliphatic heterocycles. The molecule has 0 aromatic heterocycles. The summed E-state index contributed by atoms with van der Waals surface area (Å²) in [5, 5.41) is 3.71. The number of anilines is 1. The van der Waals surface area contributed by atoms with Crippen LogP contribution in [0.25, 0.3) is 0 Å². The highest BCUT2D eigenvalue weighted by molar-refractivity contribution is 7.92. The quantitative estimate of drug-likeness (QED) is 0.298. The van der Waals surface area contributed by atoms with Gasteiger partial charge in [0.25, 0.3) is 10.0 Å². The molecule has 1 atom stereocenters. The molecule has 3 aromatic carbocycles. The second kappa shape index (κ2) is 13.1. The molecule has 0 saturated carbocycles. The summed E-state index contributed by atoms with van der Waals surface area (Å²) in [6.45, 7) is 8.58.